The Bertz CT molecular complexity index is 480. The predicted molar refractivity (Wildman–Crippen MR) is 89.8 cm³/mol. The van der Waals surface area contributed by atoms with Crippen molar-refractivity contribution in [1.29, 1.82) is 0 Å². The van der Waals surface area contributed by atoms with E-state index in [9.17, 15) is 4.39 Å². The van der Waals surface area contributed by atoms with Crippen LogP contribution < -0.4 is 14.7 Å². The number of halogens is 1. The molecule has 0 amide bonds. The summed E-state index contributed by atoms with van der Waals surface area (Å²) in [5.41, 5.74) is 6.96. The predicted octanol–water partition coefficient (Wildman–Crippen LogP) is 4.85. The Labute approximate surface area is 137 Å². The highest BCUT2D eigenvalue weighted by molar-refractivity contribution is 7.95. The van der Waals surface area contributed by atoms with Crippen molar-refractivity contribution < 1.29 is 13.3 Å². The van der Waals surface area contributed by atoms with Crippen LogP contribution in [-0.4, -0.2) is 12.4 Å². The molecule has 124 valence electrons. The first-order valence-corrected chi connectivity index (χ1v) is 9.08. The normalized spacial score (nSPS) is 15.6. The van der Waals surface area contributed by atoms with Crippen LogP contribution in [0.25, 0.3) is 0 Å². The number of hydrogen-bond donors (Lipinski definition) is 1. The van der Waals surface area contributed by atoms with Crippen LogP contribution in [-0.2, 0) is 0 Å². The van der Waals surface area contributed by atoms with Crippen molar-refractivity contribution in [2.75, 3.05) is 12.4 Å². The zero-order valence-electron chi connectivity index (χ0n) is 13.4. The molecule has 1 atom stereocenters. The lowest BCUT2D eigenvalue weighted by molar-refractivity contribution is 0.284. The summed E-state index contributed by atoms with van der Waals surface area (Å²) in [6, 6.07) is 2.94. The maximum Gasteiger partial charge on any atom is 0.168 e. The Morgan fingerprint density at radius 3 is 2.73 bits per heavy atom. The fourth-order valence-corrected chi connectivity index (χ4v) is 2.81. The molecule has 0 aliphatic heterocycles. The monoisotopic (exact) mass is 327 g/mol. The number of nitrogens with two attached hydrogens (primary N) is 1. The number of unbranched alkanes of at least 4 members (excludes halogenated alkanes) is 1. The SMILES string of the molecule is CCCCSOc1cc(F)c(OCC2CC2)cc1[C@H](N)CC. The van der Waals surface area contributed by atoms with Gasteiger partial charge in [0.2, 0.25) is 0 Å². The van der Waals surface area contributed by atoms with Crippen LogP contribution in [0.4, 0.5) is 4.39 Å². The standard InChI is InChI=1S/C17H26FNO2S/c1-3-5-8-22-21-16-10-14(18)17(20-11-12-6-7-12)9-13(16)15(19)4-2/h9-10,12,15H,3-8,11,19H2,1-2H3/t15-/m1/s1. The van der Waals surface area contributed by atoms with E-state index in [1.807, 2.05) is 6.92 Å². The average molecular weight is 327 g/mol. The molecule has 0 saturated heterocycles. The van der Waals surface area contributed by atoms with Crippen LogP contribution in [0, 0.1) is 11.7 Å². The molecule has 1 aliphatic rings. The third-order valence-corrected chi connectivity index (χ3v) is 4.56. The molecule has 3 nitrogen and oxygen atoms in total. The highest BCUT2D eigenvalue weighted by atomic mass is 32.2. The lowest BCUT2D eigenvalue weighted by Gasteiger charge is -2.17. The molecule has 22 heavy (non-hydrogen) atoms. The Morgan fingerprint density at radius 1 is 1.32 bits per heavy atom. The van der Waals surface area contributed by atoms with Crippen LogP contribution in [0.2, 0.25) is 0 Å². The summed E-state index contributed by atoms with van der Waals surface area (Å²) in [6.07, 6.45) is 5.31. The smallest absolute Gasteiger partial charge is 0.168 e. The van der Waals surface area contributed by atoms with Gasteiger partial charge < -0.3 is 14.7 Å². The van der Waals surface area contributed by atoms with E-state index in [4.69, 9.17) is 14.7 Å². The Morgan fingerprint density at radius 2 is 2.09 bits per heavy atom. The Hall–Kier alpha value is -0.940. The summed E-state index contributed by atoms with van der Waals surface area (Å²) in [4.78, 5) is 0. The van der Waals surface area contributed by atoms with Gasteiger partial charge in [-0.3, -0.25) is 0 Å². The summed E-state index contributed by atoms with van der Waals surface area (Å²) >= 11 is 1.35. The second kappa shape index (κ2) is 8.63. The number of benzene rings is 1. The number of ether oxygens (including phenoxy) is 1. The molecule has 5 heteroatoms. The Kier molecular flexibility index (Phi) is 6.83. The van der Waals surface area contributed by atoms with E-state index in [0.29, 0.717) is 18.3 Å². The minimum Gasteiger partial charge on any atom is -0.490 e. The maximum atomic E-state index is 14.2. The van der Waals surface area contributed by atoms with Crippen LogP contribution in [0.1, 0.15) is 57.6 Å². The molecule has 0 bridgehead atoms. The topological polar surface area (TPSA) is 44.5 Å². The van der Waals surface area contributed by atoms with Crippen molar-refractivity contribution in [2.24, 2.45) is 11.7 Å². The molecule has 2 N–H and O–H groups in total. The van der Waals surface area contributed by atoms with Gasteiger partial charge in [-0.25, -0.2) is 4.39 Å². The molecular weight excluding hydrogens is 301 g/mol. The van der Waals surface area contributed by atoms with Crippen molar-refractivity contribution in [3.05, 3.63) is 23.5 Å². The fourth-order valence-electron chi connectivity index (χ4n) is 2.04. The van der Waals surface area contributed by atoms with E-state index in [1.54, 1.807) is 6.07 Å². The van der Waals surface area contributed by atoms with E-state index in [1.165, 1.54) is 31.0 Å². The van der Waals surface area contributed by atoms with Gasteiger partial charge in [0.1, 0.15) is 5.75 Å². The summed E-state index contributed by atoms with van der Waals surface area (Å²) in [5.74, 6) is 1.91. The molecule has 0 unspecified atom stereocenters. The first-order valence-electron chi connectivity index (χ1n) is 8.17. The summed E-state index contributed by atoms with van der Waals surface area (Å²) in [6.45, 7) is 4.72. The average Bonchev–Trinajstić information content (AvgIpc) is 3.34. The molecule has 2 rings (SSSR count). The van der Waals surface area contributed by atoms with Gasteiger partial charge in [0, 0.05) is 23.4 Å². The molecule has 0 heterocycles. The summed E-state index contributed by atoms with van der Waals surface area (Å²) in [5, 5.41) is 0. The van der Waals surface area contributed by atoms with Gasteiger partial charge in [-0.15, -0.1) is 0 Å². The van der Waals surface area contributed by atoms with Gasteiger partial charge in [0.05, 0.1) is 18.6 Å². The molecule has 1 fully saturated rings. The van der Waals surface area contributed by atoms with Crippen LogP contribution in [0.15, 0.2) is 12.1 Å². The highest BCUT2D eigenvalue weighted by Crippen LogP contribution is 2.36. The van der Waals surface area contributed by atoms with Crippen molar-refractivity contribution >= 4 is 12.0 Å². The second-order valence-corrected chi connectivity index (χ2v) is 6.66. The van der Waals surface area contributed by atoms with E-state index in [2.05, 4.69) is 6.92 Å². The molecule has 0 radical (unpaired) electrons. The van der Waals surface area contributed by atoms with E-state index in [-0.39, 0.29) is 17.6 Å². The lowest BCUT2D eigenvalue weighted by atomic mass is 10.0. The second-order valence-electron chi connectivity index (χ2n) is 5.85. The molecule has 0 spiro atoms. The Balaban J connectivity index is 2.09. The maximum absolute atomic E-state index is 14.2. The third kappa shape index (κ3) is 5.06. The van der Waals surface area contributed by atoms with Crippen LogP contribution in [0.3, 0.4) is 0 Å². The fraction of sp³-hybridized carbons (Fsp3) is 0.647. The third-order valence-electron chi connectivity index (χ3n) is 3.81. The summed E-state index contributed by atoms with van der Waals surface area (Å²) in [7, 11) is 0. The quantitative estimate of drug-likeness (QED) is 0.493. The van der Waals surface area contributed by atoms with Gasteiger partial charge in [-0.1, -0.05) is 20.3 Å². The van der Waals surface area contributed by atoms with Crippen molar-refractivity contribution in [3.8, 4) is 11.5 Å². The molecule has 1 saturated carbocycles. The molecule has 1 aromatic carbocycles. The molecule has 1 aromatic rings. The van der Waals surface area contributed by atoms with Gasteiger partial charge in [0.25, 0.3) is 0 Å². The zero-order chi connectivity index (χ0) is 15.9. The number of rotatable bonds is 10. The largest absolute Gasteiger partial charge is 0.490 e. The van der Waals surface area contributed by atoms with Crippen molar-refractivity contribution in [3.63, 3.8) is 0 Å². The van der Waals surface area contributed by atoms with E-state index < -0.39 is 0 Å². The van der Waals surface area contributed by atoms with Gasteiger partial charge in [0.15, 0.2) is 11.6 Å². The minimum atomic E-state index is -0.376. The molecular formula is C17H26FNO2S. The van der Waals surface area contributed by atoms with Crippen molar-refractivity contribution in [1.82, 2.24) is 0 Å². The summed E-state index contributed by atoms with van der Waals surface area (Å²) < 4.78 is 25.5. The van der Waals surface area contributed by atoms with Crippen LogP contribution >= 0.6 is 12.0 Å². The lowest BCUT2D eigenvalue weighted by Crippen LogP contribution is -2.11. The van der Waals surface area contributed by atoms with Gasteiger partial charge in [-0.2, -0.15) is 0 Å². The number of hydrogen-bond acceptors (Lipinski definition) is 4. The van der Waals surface area contributed by atoms with Crippen LogP contribution in [0.5, 0.6) is 11.5 Å². The van der Waals surface area contributed by atoms with Gasteiger partial charge >= 0.3 is 0 Å². The molecule has 1 aliphatic carbocycles. The first kappa shape index (κ1) is 17.4. The van der Waals surface area contributed by atoms with E-state index in [0.717, 1.165) is 30.6 Å². The minimum absolute atomic E-state index is 0.175. The van der Waals surface area contributed by atoms with Crippen molar-refractivity contribution in [2.45, 2.75) is 52.0 Å². The molecule has 0 aromatic heterocycles. The highest BCUT2D eigenvalue weighted by Gasteiger charge is 2.23. The zero-order valence-corrected chi connectivity index (χ0v) is 14.3. The van der Waals surface area contributed by atoms with Gasteiger partial charge in [-0.05, 0) is 37.7 Å². The van der Waals surface area contributed by atoms with E-state index >= 15 is 0 Å². The first-order chi connectivity index (χ1) is 10.7.